The van der Waals surface area contributed by atoms with Crippen molar-refractivity contribution in [3.63, 3.8) is 0 Å². The van der Waals surface area contributed by atoms with Crippen molar-refractivity contribution in [2.75, 3.05) is 0 Å². The minimum absolute atomic E-state index is 0.0717. The molecule has 2 heteroatoms. The first-order valence-corrected chi connectivity index (χ1v) is 7.54. The standard InChI is InChI=1S/C18H25NO/c1-12(2)18(20)17(19-13(3)4)11-15-10-9-14-7-5-6-8-16(14)15/h5-10,12-13,16-17,19H,11H2,1-4H3/t16?,17-/m0/s1. The Morgan fingerprint density at radius 2 is 1.95 bits per heavy atom. The van der Waals surface area contributed by atoms with Crippen LogP contribution in [0, 0.1) is 11.8 Å². The van der Waals surface area contributed by atoms with Gasteiger partial charge in [-0.2, -0.15) is 0 Å². The highest BCUT2D eigenvalue weighted by atomic mass is 16.1. The van der Waals surface area contributed by atoms with Crippen molar-refractivity contribution >= 4 is 5.78 Å². The van der Waals surface area contributed by atoms with E-state index in [4.69, 9.17) is 0 Å². The fourth-order valence-electron chi connectivity index (χ4n) is 2.84. The molecule has 2 aliphatic carbocycles. The van der Waals surface area contributed by atoms with Gasteiger partial charge in [0.25, 0.3) is 0 Å². The third kappa shape index (κ3) is 3.37. The average molecular weight is 271 g/mol. The van der Waals surface area contributed by atoms with Crippen molar-refractivity contribution in [1.82, 2.24) is 5.32 Å². The van der Waals surface area contributed by atoms with Crippen LogP contribution in [0.1, 0.15) is 34.1 Å². The Morgan fingerprint density at radius 1 is 1.20 bits per heavy atom. The highest BCUT2D eigenvalue weighted by Gasteiger charge is 2.27. The lowest BCUT2D eigenvalue weighted by atomic mass is 9.86. The van der Waals surface area contributed by atoms with E-state index in [2.05, 4.69) is 55.6 Å². The summed E-state index contributed by atoms with van der Waals surface area (Å²) in [6, 6.07) is 0.243. The number of allylic oxidation sites excluding steroid dienone is 7. The molecule has 1 N–H and O–H groups in total. The molecule has 2 atom stereocenters. The molecule has 0 aromatic carbocycles. The zero-order chi connectivity index (χ0) is 14.7. The summed E-state index contributed by atoms with van der Waals surface area (Å²) in [6.07, 6.45) is 13.7. The van der Waals surface area contributed by atoms with Crippen LogP contribution in [-0.2, 0) is 4.79 Å². The summed E-state index contributed by atoms with van der Waals surface area (Å²) in [5, 5.41) is 3.43. The molecular formula is C18H25NO. The van der Waals surface area contributed by atoms with Crippen LogP contribution in [0.2, 0.25) is 0 Å². The van der Waals surface area contributed by atoms with Gasteiger partial charge in [-0.1, -0.05) is 69.7 Å². The van der Waals surface area contributed by atoms with E-state index in [0.29, 0.717) is 17.7 Å². The molecule has 0 bridgehead atoms. The second-order valence-electron chi connectivity index (χ2n) is 6.27. The molecule has 0 radical (unpaired) electrons. The summed E-state index contributed by atoms with van der Waals surface area (Å²) in [5.74, 6) is 0.752. The minimum Gasteiger partial charge on any atom is -0.305 e. The first-order valence-electron chi connectivity index (χ1n) is 7.54. The summed E-state index contributed by atoms with van der Waals surface area (Å²) in [5.41, 5.74) is 2.68. The van der Waals surface area contributed by atoms with E-state index in [1.165, 1.54) is 11.1 Å². The molecule has 0 amide bonds. The number of carbonyl (C=O) groups excluding carboxylic acids is 1. The molecule has 0 saturated carbocycles. The fourth-order valence-corrected chi connectivity index (χ4v) is 2.84. The van der Waals surface area contributed by atoms with Crippen molar-refractivity contribution < 1.29 is 4.79 Å². The van der Waals surface area contributed by atoms with E-state index < -0.39 is 0 Å². The quantitative estimate of drug-likeness (QED) is 0.800. The molecule has 1 unspecified atom stereocenters. The molecule has 2 nitrogen and oxygen atoms in total. The van der Waals surface area contributed by atoms with E-state index >= 15 is 0 Å². The number of nitrogens with one attached hydrogen (secondary N) is 1. The Morgan fingerprint density at radius 3 is 2.60 bits per heavy atom. The number of rotatable bonds is 6. The van der Waals surface area contributed by atoms with E-state index in [1.54, 1.807) is 0 Å². The predicted octanol–water partition coefficient (Wildman–Crippen LogP) is 3.58. The van der Waals surface area contributed by atoms with Crippen molar-refractivity contribution in [3.8, 4) is 0 Å². The molecule has 0 aliphatic heterocycles. The van der Waals surface area contributed by atoms with Crippen LogP contribution < -0.4 is 5.32 Å². The molecular weight excluding hydrogens is 246 g/mol. The largest absolute Gasteiger partial charge is 0.305 e. The van der Waals surface area contributed by atoms with Gasteiger partial charge in [0.2, 0.25) is 0 Å². The molecule has 108 valence electrons. The van der Waals surface area contributed by atoms with Crippen LogP contribution in [0.25, 0.3) is 0 Å². The molecule has 20 heavy (non-hydrogen) atoms. The lowest BCUT2D eigenvalue weighted by Crippen LogP contribution is -2.43. The highest BCUT2D eigenvalue weighted by molar-refractivity contribution is 5.86. The first-order chi connectivity index (χ1) is 9.49. The summed E-state index contributed by atoms with van der Waals surface area (Å²) < 4.78 is 0. The van der Waals surface area contributed by atoms with Crippen LogP contribution in [-0.4, -0.2) is 17.9 Å². The Kier molecular flexibility index (Phi) is 4.77. The Balaban J connectivity index is 2.07. The van der Waals surface area contributed by atoms with Gasteiger partial charge >= 0.3 is 0 Å². The SMILES string of the molecule is CC(C)N[C@@H](CC1=CC=C2C=CC=CC21)C(=O)C(C)C. The summed E-state index contributed by atoms with van der Waals surface area (Å²) >= 11 is 0. The molecule has 0 aromatic heterocycles. The van der Waals surface area contributed by atoms with Crippen LogP contribution in [0.5, 0.6) is 0 Å². The normalized spacial score (nSPS) is 22.0. The predicted molar refractivity (Wildman–Crippen MR) is 84.5 cm³/mol. The molecule has 2 rings (SSSR count). The second kappa shape index (κ2) is 6.36. The molecule has 0 spiro atoms. The maximum absolute atomic E-state index is 12.4. The number of ketones is 1. The van der Waals surface area contributed by atoms with Crippen LogP contribution in [0.4, 0.5) is 0 Å². The smallest absolute Gasteiger partial charge is 0.152 e. The van der Waals surface area contributed by atoms with Gasteiger partial charge < -0.3 is 5.32 Å². The second-order valence-corrected chi connectivity index (χ2v) is 6.27. The Bertz CT molecular complexity index is 492. The van der Waals surface area contributed by atoms with E-state index in [9.17, 15) is 4.79 Å². The highest BCUT2D eigenvalue weighted by Crippen LogP contribution is 2.34. The summed E-state index contributed by atoms with van der Waals surface area (Å²) in [7, 11) is 0. The van der Waals surface area contributed by atoms with Gasteiger partial charge in [-0.25, -0.2) is 0 Å². The first kappa shape index (κ1) is 15.0. The Hall–Kier alpha value is -1.41. The zero-order valence-electron chi connectivity index (χ0n) is 12.9. The number of hydrogen-bond acceptors (Lipinski definition) is 2. The van der Waals surface area contributed by atoms with Gasteiger partial charge in [0.15, 0.2) is 5.78 Å². The van der Waals surface area contributed by atoms with Gasteiger partial charge in [0.05, 0.1) is 6.04 Å². The molecule has 0 aromatic rings. The molecule has 0 heterocycles. The number of hydrogen-bond donors (Lipinski definition) is 1. The van der Waals surface area contributed by atoms with Crippen LogP contribution in [0.15, 0.2) is 47.6 Å². The van der Waals surface area contributed by atoms with Crippen molar-refractivity contribution in [3.05, 3.63) is 47.6 Å². The van der Waals surface area contributed by atoms with Crippen molar-refractivity contribution in [1.29, 1.82) is 0 Å². The molecule has 2 aliphatic rings. The van der Waals surface area contributed by atoms with Crippen molar-refractivity contribution in [2.24, 2.45) is 11.8 Å². The number of Topliss-reactive ketones (excluding diaryl/α,β-unsaturated/α-hetero) is 1. The topological polar surface area (TPSA) is 29.1 Å². The lowest BCUT2D eigenvalue weighted by Gasteiger charge is -2.25. The zero-order valence-corrected chi connectivity index (χ0v) is 12.9. The van der Waals surface area contributed by atoms with Crippen LogP contribution in [0.3, 0.4) is 0 Å². The maximum Gasteiger partial charge on any atom is 0.152 e. The van der Waals surface area contributed by atoms with Gasteiger partial charge in [-0.05, 0) is 12.0 Å². The van der Waals surface area contributed by atoms with Gasteiger partial charge in [-0.15, -0.1) is 0 Å². The van der Waals surface area contributed by atoms with E-state index in [-0.39, 0.29) is 12.0 Å². The van der Waals surface area contributed by atoms with Gasteiger partial charge in [0, 0.05) is 17.9 Å². The third-order valence-electron chi connectivity index (χ3n) is 3.84. The molecule has 0 fully saturated rings. The van der Waals surface area contributed by atoms with Gasteiger partial charge in [-0.3, -0.25) is 4.79 Å². The average Bonchev–Trinajstić information content (AvgIpc) is 2.80. The fraction of sp³-hybridized carbons (Fsp3) is 0.500. The number of fused-ring (bicyclic) bond motifs is 1. The van der Waals surface area contributed by atoms with Crippen LogP contribution >= 0.6 is 0 Å². The maximum atomic E-state index is 12.4. The van der Waals surface area contributed by atoms with Crippen molar-refractivity contribution in [2.45, 2.75) is 46.2 Å². The Labute approximate surface area is 122 Å². The lowest BCUT2D eigenvalue weighted by molar-refractivity contribution is -0.124. The monoisotopic (exact) mass is 271 g/mol. The van der Waals surface area contributed by atoms with E-state index in [1.807, 2.05) is 13.8 Å². The molecule has 0 saturated heterocycles. The number of carbonyl (C=O) groups is 1. The van der Waals surface area contributed by atoms with E-state index in [0.717, 1.165) is 6.42 Å². The summed E-state index contributed by atoms with van der Waals surface area (Å²) in [6.45, 7) is 8.15. The summed E-state index contributed by atoms with van der Waals surface area (Å²) in [4.78, 5) is 12.4. The minimum atomic E-state index is -0.0756. The third-order valence-corrected chi connectivity index (χ3v) is 3.84. The van der Waals surface area contributed by atoms with Gasteiger partial charge in [0.1, 0.15) is 0 Å².